The molecule has 0 radical (unpaired) electrons. The second kappa shape index (κ2) is 9.47. The molecule has 1 aliphatic heterocycles. The van der Waals surface area contributed by atoms with Crippen LogP contribution in [0.4, 0.5) is 8.78 Å². The molecular formula is C23H26F2N4O. The smallest absolute Gasteiger partial charge is 0.159 e. The van der Waals surface area contributed by atoms with Crippen LogP contribution in [0, 0.1) is 11.6 Å². The van der Waals surface area contributed by atoms with Crippen LogP contribution in [-0.4, -0.2) is 56.7 Å². The largest absolute Gasteiger partial charge is 0.396 e. The van der Waals surface area contributed by atoms with E-state index in [1.54, 1.807) is 12.3 Å². The number of hydrogen-bond acceptors (Lipinski definition) is 4. The molecule has 7 heteroatoms. The van der Waals surface area contributed by atoms with Gasteiger partial charge in [0.05, 0.1) is 0 Å². The second-order valence-corrected chi connectivity index (χ2v) is 7.68. The first-order valence-electron chi connectivity index (χ1n) is 10.2. The Morgan fingerprint density at radius 3 is 2.67 bits per heavy atom. The molecule has 3 heterocycles. The minimum atomic E-state index is -0.827. The average molecular weight is 412 g/mol. The standard InChI is InChI=1S/C23H26F2N4O/c24-21-7-6-18(14-22(21)25)15-28-12-11-27(16-19(28)8-13-30)17-20-4-3-10-29(20)23-5-1-2-9-26-23/h1-7,9-10,14,19,30H,8,11-13,15-17H2/t19-/m0/s1. The number of aromatic nitrogens is 2. The molecule has 1 aromatic carbocycles. The van der Waals surface area contributed by atoms with Crippen LogP contribution in [0.15, 0.2) is 60.9 Å². The lowest BCUT2D eigenvalue weighted by Gasteiger charge is -2.41. The van der Waals surface area contributed by atoms with Gasteiger partial charge in [0.15, 0.2) is 11.6 Å². The molecule has 0 bridgehead atoms. The van der Waals surface area contributed by atoms with Crippen LogP contribution in [0.2, 0.25) is 0 Å². The topological polar surface area (TPSA) is 44.5 Å². The number of piperazine rings is 1. The van der Waals surface area contributed by atoms with Crippen molar-refractivity contribution in [3.63, 3.8) is 0 Å². The zero-order valence-electron chi connectivity index (χ0n) is 16.8. The van der Waals surface area contributed by atoms with Crippen molar-refractivity contribution in [3.05, 3.63) is 83.8 Å². The van der Waals surface area contributed by atoms with Crippen molar-refractivity contribution in [3.8, 4) is 5.82 Å². The van der Waals surface area contributed by atoms with E-state index in [4.69, 9.17) is 0 Å². The third-order valence-electron chi connectivity index (χ3n) is 5.64. The molecule has 0 saturated carbocycles. The summed E-state index contributed by atoms with van der Waals surface area (Å²) in [6.07, 6.45) is 4.44. The van der Waals surface area contributed by atoms with E-state index in [2.05, 4.69) is 25.4 Å². The van der Waals surface area contributed by atoms with Gasteiger partial charge in [-0.25, -0.2) is 13.8 Å². The highest BCUT2D eigenvalue weighted by Gasteiger charge is 2.27. The van der Waals surface area contributed by atoms with Crippen molar-refractivity contribution < 1.29 is 13.9 Å². The summed E-state index contributed by atoms with van der Waals surface area (Å²) in [6, 6.07) is 14.2. The van der Waals surface area contributed by atoms with Crippen molar-refractivity contribution in [2.45, 2.75) is 25.6 Å². The summed E-state index contributed by atoms with van der Waals surface area (Å²) in [7, 11) is 0. The van der Waals surface area contributed by atoms with Crippen LogP contribution >= 0.6 is 0 Å². The third kappa shape index (κ3) is 4.75. The lowest BCUT2D eigenvalue weighted by Crippen LogP contribution is -2.52. The number of hydrogen-bond donors (Lipinski definition) is 1. The molecule has 2 aromatic heterocycles. The average Bonchev–Trinajstić information content (AvgIpc) is 3.21. The molecule has 1 atom stereocenters. The van der Waals surface area contributed by atoms with Gasteiger partial charge in [-0.15, -0.1) is 0 Å². The predicted molar refractivity (Wildman–Crippen MR) is 111 cm³/mol. The fraction of sp³-hybridized carbons (Fsp3) is 0.348. The molecule has 158 valence electrons. The summed E-state index contributed by atoms with van der Waals surface area (Å²) in [6.45, 7) is 3.88. The molecule has 30 heavy (non-hydrogen) atoms. The van der Waals surface area contributed by atoms with Gasteiger partial charge in [-0.1, -0.05) is 12.1 Å². The van der Waals surface area contributed by atoms with Crippen molar-refractivity contribution >= 4 is 0 Å². The molecule has 1 saturated heterocycles. The molecule has 3 aromatic rings. The fourth-order valence-corrected chi connectivity index (χ4v) is 4.10. The number of aliphatic hydroxyl groups is 1. The molecule has 1 aliphatic rings. The number of nitrogens with zero attached hydrogens (tertiary/aromatic N) is 4. The van der Waals surface area contributed by atoms with E-state index in [0.717, 1.165) is 43.3 Å². The number of aliphatic hydroxyl groups excluding tert-OH is 1. The minimum absolute atomic E-state index is 0.0943. The maximum atomic E-state index is 13.6. The number of rotatable bonds is 7. The van der Waals surface area contributed by atoms with Gasteiger partial charge in [0, 0.05) is 63.5 Å². The zero-order valence-corrected chi connectivity index (χ0v) is 16.8. The Kier molecular flexibility index (Phi) is 6.52. The van der Waals surface area contributed by atoms with Crippen LogP contribution in [0.1, 0.15) is 17.7 Å². The second-order valence-electron chi connectivity index (χ2n) is 7.68. The van der Waals surface area contributed by atoms with E-state index < -0.39 is 11.6 Å². The van der Waals surface area contributed by atoms with E-state index in [0.29, 0.717) is 13.0 Å². The highest BCUT2D eigenvalue weighted by Crippen LogP contribution is 2.20. The number of benzene rings is 1. The molecule has 4 rings (SSSR count). The van der Waals surface area contributed by atoms with Crippen molar-refractivity contribution in [1.82, 2.24) is 19.4 Å². The predicted octanol–water partition coefficient (Wildman–Crippen LogP) is 3.22. The highest BCUT2D eigenvalue weighted by atomic mass is 19.2. The van der Waals surface area contributed by atoms with Crippen LogP contribution in [-0.2, 0) is 13.1 Å². The molecule has 0 aliphatic carbocycles. The first-order chi connectivity index (χ1) is 14.6. The lowest BCUT2D eigenvalue weighted by molar-refractivity contribution is 0.0491. The van der Waals surface area contributed by atoms with Crippen LogP contribution < -0.4 is 0 Å². The Labute approximate surface area is 175 Å². The van der Waals surface area contributed by atoms with E-state index in [1.807, 2.05) is 30.5 Å². The lowest BCUT2D eigenvalue weighted by atomic mass is 10.1. The Morgan fingerprint density at radius 2 is 1.90 bits per heavy atom. The Morgan fingerprint density at radius 1 is 1.00 bits per heavy atom. The zero-order chi connectivity index (χ0) is 20.9. The fourth-order valence-electron chi connectivity index (χ4n) is 4.10. The van der Waals surface area contributed by atoms with Gasteiger partial charge in [-0.05, 0) is 48.4 Å². The van der Waals surface area contributed by atoms with Gasteiger partial charge in [0.2, 0.25) is 0 Å². The maximum absolute atomic E-state index is 13.6. The summed E-state index contributed by atoms with van der Waals surface area (Å²) in [5.41, 5.74) is 1.90. The molecule has 1 N–H and O–H groups in total. The van der Waals surface area contributed by atoms with Gasteiger partial charge in [0.25, 0.3) is 0 Å². The van der Waals surface area contributed by atoms with Crippen molar-refractivity contribution in [1.29, 1.82) is 0 Å². The highest BCUT2D eigenvalue weighted by molar-refractivity contribution is 5.27. The van der Waals surface area contributed by atoms with Gasteiger partial charge in [-0.2, -0.15) is 0 Å². The van der Waals surface area contributed by atoms with Crippen LogP contribution in [0.25, 0.3) is 5.82 Å². The Bertz CT molecular complexity index is 963. The normalized spacial score (nSPS) is 18.0. The minimum Gasteiger partial charge on any atom is -0.396 e. The summed E-state index contributed by atoms with van der Waals surface area (Å²) < 4.78 is 28.9. The molecule has 0 unspecified atom stereocenters. The Balaban J connectivity index is 1.43. The van der Waals surface area contributed by atoms with E-state index in [-0.39, 0.29) is 12.6 Å². The summed E-state index contributed by atoms with van der Waals surface area (Å²) in [4.78, 5) is 9.06. The Hall–Kier alpha value is -2.61. The van der Waals surface area contributed by atoms with E-state index in [1.165, 1.54) is 12.1 Å². The van der Waals surface area contributed by atoms with Gasteiger partial charge in [-0.3, -0.25) is 9.80 Å². The molecule has 0 spiro atoms. The SMILES string of the molecule is OCC[C@H]1CN(Cc2cccn2-c2ccccn2)CCN1Cc1ccc(F)c(F)c1. The van der Waals surface area contributed by atoms with Crippen molar-refractivity contribution in [2.24, 2.45) is 0 Å². The first kappa shape index (κ1) is 20.7. The van der Waals surface area contributed by atoms with Crippen LogP contribution in [0.5, 0.6) is 0 Å². The summed E-state index contributed by atoms with van der Waals surface area (Å²) >= 11 is 0. The molecule has 1 fully saturated rings. The van der Waals surface area contributed by atoms with Gasteiger partial charge < -0.3 is 9.67 Å². The third-order valence-corrected chi connectivity index (χ3v) is 5.64. The van der Waals surface area contributed by atoms with Crippen LogP contribution in [0.3, 0.4) is 0 Å². The van der Waals surface area contributed by atoms with E-state index >= 15 is 0 Å². The quantitative estimate of drug-likeness (QED) is 0.647. The molecule has 5 nitrogen and oxygen atoms in total. The number of halogens is 2. The van der Waals surface area contributed by atoms with E-state index in [9.17, 15) is 13.9 Å². The van der Waals surface area contributed by atoms with Gasteiger partial charge in [0.1, 0.15) is 5.82 Å². The first-order valence-corrected chi connectivity index (χ1v) is 10.2. The molecular weight excluding hydrogens is 386 g/mol. The monoisotopic (exact) mass is 412 g/mol. The van der Waals surface area contributed by atoms with Crippen molar-refractivity contribution in [2.75, 3.05) is 26.2 Å². The maximum Gasteiger partial charge on any atom is 0.159 e. The summed E-state index contributed by atoms with van der Waals surface area (Å²) in [5, 5.41) is 9.55. The summed E-state index contributed by atoms with van der Waals surface area (Å²) in [5.74, 6) is -0.757. The van der Waals surface area contributed by atoms with Gasteiger partial charge >= 0.3 is 0 Å². The number of pyridine rings is 1. The molecule has 0 amide bonds.